The number of methoxy groups -OCH3 is 1. The summed E-state index contributed by atoms with van der Waals surface area (Å²) >= 11 is 1.58. The summed E-state index contributed by atoms with van der Waals surface area (Å²) in [5, 5.41) is 3.50. The Kier molecular flexibility index (Phi) is 7.30. The molecule has 6 heteroatoms. The van der Waals surface area contributed by atoms with Gasteiger partial charge >= 0.3 is 0 Å². The van der Waals surface area contributed by atoms with Crippen LogP contribution < -0.4 is 15.8 Å². The quantitative estimate of drug-likeness (QED) is 0.702. The van der Waals surface area contributed by atoms with Crippen molar-refractivity contribution in [2.75, 3.05) is 19.4 Å². The van der Waals surface area contributed by atoms with Crippen LogP contribution in [0.2, 0.25) is 0 Å². The Bertz CT molecular complexity index is 781. The van der Waals surface area contributed by atoms with Gasteiger partial charge in [-0.05, 0) is 55.7 Å². The van der Waals surface area contributed by atoms with Crippen molar-refractivity contribution in [3.05, 3.63) is 65.8 Å². The van der Waals surface area contributed by atoms with E-state index in [9.17, 15) is 4.79 Å². The van der Waals surface area contributed by atoms with Crippen LogP contribution in [0.15, 0.2) is 65.2 Å². The molecular formula is C21H27N3O2S. The summed E-state index contributed by atoms with van der Waals surface area (Å²) in [5.41, 5.74) is 7.98. The van der Waals surface area contributed by atoms with Crippen LogP contribution in [0.5, 0.6) is 5.75 Å². The van der Waals surface area contributed by atoms with Crippen LogP contribution in [0.3, 0.4) is 0 Å². The number of carbonyl (C=O) groups excluding carboxylic acids is 1. The lowest BCUT2D eigenvalue weighted by Crippen LogP contribution is -2.32. The molecule has 3 N–H and O–H groups in total. The van der Waals surface area contributed by atoms with Gasteiger partial charge in [0.15, 0.2) is 5.17 Å². The van der Waals surface area contributed by atoms with Crippen molar-refractivity contribution < 1.29 is 9.53 Å². The lowest BCUT2D eigenvalue weighted by molar-refractivity contribution is 0.0957. The predicted molar refractivity (Wildman–Crippen MR) is 114 cm³/mol. The van der Waals surface area contributed by atoms with Crippen LogP contribution in [0.25, 0.3) is 0 Å². The molecule has 0 fully saturated rings. The molecule has 1 aromatic carbocycles. The van der Waals surface area contributed by atoms with E-state index in [0.717, 1.165) is 23.3 Å². The third kappa shape index (κ3) is 5.76. The number of ether oxygens (including phenoxy) is 1. The monoisotopic (exact) mass is 385 g/mol. The molecule has 5 nitrogen and oxygen atoms in total. The number of rotatable bonds is 7. The number of nitrogens with one attached hydrogen (secondary N) is 1. The van der Waals surface area contributed by atoms with E-state index in [0.29, 0.717) is 23.0 Å². The number of carbonyl (C=O) groups is 1. The van der Waals surface area contributed by atoms with Crippen LogP contribution in [0, 0.1) is 0 Å². The number of amides is 1. The number of allylic oxidation sites excluding steroid dienone is 1. The minimum absolute atomic E-state index is 0.151. The summed E-state index contributed by atoms with van der Waals surface area (Å²) in [6.45, 7) is 8.49. The highest BCUT2D eigenvalue weighted by Gasteiger charge is 2.30. The van der Waals surface area contributed by atoms with Crippen molar-refractivity contribution in [1.29, 1.82) is 0 Å². The van der Waals surface area contributed by atoms with Crippen LogP contribution in [-0.2, 0) is 0 Å². The zero-order chi connectivity index (χ0) is 19.9. The van der Waals surface area contributed by atoms with Gasteiger partial charge in [0, 0.05) is 17.9 Å². The summed E-state index contributed by atoms with van der Waals surface area (Å²) < 4.78 is 5.11. The predicted octanol–water partition coefficient (Wildman–Crippen LogP) is 3.69. The lowest BCUT2D eigenvalue weighted by atomic mass is 9.87. The average Bonchev–Trinajstić information content (AvgIpc) is 2.65. The van der Waals surface area contributed by atoms with Gasteiger partial charge in [-0.3, -0.25) is 9.79 Å². The van der Waals surface area contributed by atoms with Crippen LogP contribution in [-0.4, -0.2) is 36.0 Å². The summed E-state index contributed by atoms with van der Waals surface area (Å²) in [4.78, 5) is 16.9. The zero-order valence-electron chi connectivity index (χ0n) is 16.1. The number of benzene rings is 1. The highest BCUT2D eigenvalue weighted by molar-refractivity contribution is 8.13. The largest absolute Gasteiger partial charge is 0.497 e. The summed E-state index contributed by atoms with van der Waals surface area (Å²) in [7, 11) is 1.59. The second kappa shape index (κ2) is 9.46. The fourth-order valence-corrected chi connectivity index (χ4v) is 3.74. The maximum Gasteiger partial charge on any atom is 0.251 e. The molecule has 0 aliphatic carbocycles. The topological polar surface area (TPSA) is 76.7 Å². The van der Waals surface area contributed by atoms with Crippen molar-refractivity contribution in [3.63, 3.8) is 0 Å². The number of aliphatic imine (C=N–C) groups is 1. The smallest absolute Gasteiger partial charge is 0.251 e. The Hall–Kier alpha value is -2.47. The van der Waals surface area contributed by atoms with Crippen LogP contribution in [0.4, 0.5) is 0 Å². The van der Waals surface area contributed by atoms with Crippen molar-refractivity contribution in [2.45, 2.75) is 25.8 Å². The number of amidine groups is 1. The molecule has 1 atom stereocenters. The van der Waals surface area contributed by atoms with Gasteiger partial charge in [0.2, 0.25) is 0 Å². The summed E-state index contributed by atoms with van der Waals surface area (Å²) in [6, 6.07) is 6.99. The number of thioether (sulfide) groups is 1. The molecule has 0 bridgehead atoms. The van der Waals surface area contributed by atoms with Gasteiger partial charge in [0.1, 0.15) is 5.75 Å². The van der Waals surface area contributed by atoms with E-state index >= 15 is 0 Å². The molecule has 1 unspecified atom stereocenters. The second-order valence-corrected chi connectivity index (χ2v) is 7.61. The highest BCUT2D eigenvalue weighted by Crippen LogP contribution is 2.33. The van der Waals surface area contributed by atoms with Gasteiger partial charge < -0.3 is 15.8 Å². The molecule has 0 aromatic heterocycles. The average molecular weight is 386 g/mol. The maximum atomic E-state index is 12.3. The first kappa shape index (κ1) is 20.8. The normalized spacial score (nSPS) is 20.3. The van der Waals surface area contributed by atoms with E-state index in [-0.39, 0.29) is 11.4 Å². The maximum absolute atomic E-state index is 12.3. The molecule has 0 radical (unpaired) electrons. The Morgan fingerprint density at radius 3 is 2.74 bits per heavy atom. The molecule has 0 saturated carbocycles. The number of nitrogens with zero attached hydrogens (tertiary/aromatic N) is 1. The minimum Gasteiger partial charge on any atom is -0.497 e. The Morgan fingerprint density at radius 2 is 2.15 bits per heavy atom. The first-order chi connectivity index (χ1) is 12.9. The summed E-state index contributed by atoms with van der Waals surface area (Å²) in [6.07, 6.45) is 6.90. The summed E-state index contributed by atoms with van der Waals surface area (Å²) in [5.74, 6) is 1.50. The van der Waals surface area contributed by atoms with E-state index in [1.807, 2.05) is 25.2 Å². The Morgan fingerprint density at radius 1 is 1.44 bits per heavy atom. The molecule has 2 rings (SSSR count). The third-order valence-electron chi connectivity index (χ3n) is 4.35. The number of hydrogen-bond acceptors (Lipinski definition) is 5. The van der Waals surface area contributed by atoms with Crippen LogP contribution in [0.1, 0.15) is 30.6 Å². The van der Waals surface area contributed by atoms with E-state index in [4.69, 9.17) is 10.5 Å². The Balaban J connectivity index is 2.06. The number of hydrogen-bond donors (Lipinski definition) is 2. The van der Waals surface area contributed by atoms with E-state index in [1.165, 1.54) is 0 Å². The van der Waals surface area contributed by atoms with Gasteiger partial charge in [-0.1, -0.05) is 36.6 Å². The fourth-order valence-electron chi connectivity index (χ4n) is 2.77. The lowest BCUT2D eigenvalue weighted by Gasteiger charge is -2.31. The van der Waals surface area contributed by atoms with E-state index < -0.39 is 0 Å². The SMILES string of the molecule is C=C(/C=C(\C=C/C)C1(C)CCSC(N)=N1)CNC(=O)c1ccc(OC)cc1. The Labute approximate surface area is 165 Å². The van der Waals surface area contributed by atoms with Crippen LogP contribution >= 0.6 is 11.8 Å². The second-order valence-electron chi connectivity index (χ2n) is 6.49. The molecule has 1 aliphatic rings. The van der Waals surface area contributed by atoms with Crippen molar-refractivity contribution in [1.82, 2.24) is 5.32 Å². The third-order valence-corrected chi connectivity index (χ3v) is 5.15. The van der Waals surface area contributed by atoms with Gasteiger partial charge in [0.05, 0.1) is 12.6 Å². The fraction of sp³-hybridized carbons (Fsp3) is 0.333. The van der Waals surface area contributed by atoms with E-state index in [2.05, 4.69) is 23.8 Å². The molecule has 1 heterocycles. The number of nitrogens with two attached hydrogens (primary N) is 1. The molecule has 27 heavy (non-hydrogen) atoms. The first-order valence-corrected chi connectivity index (χ1v) is 9.79. The van der Waals surface area contributed by atoms with E-state index in [1.54, 1.807) is 43.1 Å². The molecular weight excluding hydrogens is 358 g/mol. The van der Waals surface area contributed by atoms with Crippen molar-refractivity contribution >= 4 is 22.8 Å². The van der Waals surface area contributed by atoms with Crippen molar-refractivity contribution in [3.8, 4) is 5.75 Å². The highest BCUT2D eigenvalue weighted by atomic mass is 32.2. The van der Waals surface area contributed by atoms with Gasteiger partial charge in [-0.25, -0.2) is 0 Å². The molecule has 0 saturated heterocycles. The molecule has 1 aliphatic heterocycles. The van der Waals surface area contributed by atoms with Gasteiger partial charge in [-0.15, -0.1) is 0 Å². The molecule has 144 valence electrons. The minimum atomic E-state index is -0.370. The van der Waals surface area contributed by atoms with Crippen molar-refractivity contribution in [2.24, 2.45) is 10.7 Å². The molecule has 0 spiro atoms. The standard InChI is InChI=1S/C21H27N3O2S/c1-5-6-17(21(3)11-12-27-20(22)24-21)13-15(2)14-23-19(25)16-7-9-18(26-4)10-8-16/h5-10,13H,2,11-12,14H2,1,3-4H3,(H2,22,24)(H,23,25)/b6-5-,17-13+. The van der Waals surface area contributed by atoms with Gasteiger partial charge in [-0.2, -0.15) is 0 Å². The molecule has 1 amide bonds. The zero-order valence-corrected chi connectivity index (χ0v) is 16.9. The first-order valence-electron chi connectivity index (χ1n) is 8.81. The molecule has 1 aromatic rings. The van der Waals surface area contributed by atoms with Gasteiger partial charge in [0.25, 0.3) is 5.91 Å².